The van der Waals surface area contributed by atoms with Crippen molar-refractivity contribution in [3.05, 3.63) is 94.3 Å². The molecule has 0 saturated carbocycles. The maximum Gasteiger partial charge on any atom is 0.238 e. The standard InChI is InChI=1S/C26H24N6O3S2/c1-16-12-20(37(27,33)34)8-9-21(16)31-26-28-18(13-17-6-4-3-5-7-17)14-19(29-26)15-24-30-22-10-11-23(35-2)32-25(22)36-24/h3-12,14H,13,15H2,1-2H3,(H2,27,33,34)(H,28,29,31). The summed E-state index contributed by atoms with van der Waals surface area (Å²) in [5.41, 5.74) is 4.97. The summed E-state index contributed by atoms with van der Waals surface area (Å²) in [5.74, 6) is 0.959. The minimum absolute atomic E-state index is 0.0519. The molecule has 0 aliphatic carbocycles. The van der Waals surface area contributed by atoms with Crippen molar-refractivity contribution in [1.82, 2.24) is 19.9 Å². The summed E-state index contributed by atoms with van der Waals surface area (Å²) < 4.78 is 28.6. The van der Waals surface area contributed by atoms with Crippen LogP contribution in [-0.4, -0.2) is 35.5 Å². The van der Waals surface area contributed by atoms with E-state index in [0.29, 0.717) is 35.9 Å². The molecule has 188 valence electrons. The van der Waals surface area contributed by atoms with E-state index in [1.807, 2.05) is 30.3 Å². The number of aryl methyl sites for hydroxylation is 1. The van der Waals surface area contributed by atoms with Gasteiger partial charge in [-0.15, -0.1) is 0 Å². The van der Waals surface area contributed by atoms with Gasteiger partial charge in [0.2, 0.25) is 21.9 Å². The van der Waals surface area contributed by atoms with Gasteiger partial charge in [-0.1, -0.05) is 41.7 Å². The first-order chi connectivity index (χ1) is 17.8. The van der Waals surface area contributed by atoms with Gasteiger partial charge < -0.3 is 10.1 Å². The predicted molar refractivity (Wildman–Crippen MR) is 144 cm³/mol. The fourth-order valence-electron chi connectivity index (χ4n) is 3.86. The van der Waals surface area contributed by atoms with Crippen molar-refractivity contribution >= 4 is 43.3 Å². The Kier molecular flexibility index (Phi) is 6.83. The number of methoxy groups -OCH3 is 1. The zero-order valence-corrected chi connectivity index (χ0v) is 21.8. The zero-order valence-electron chi connectivity index (χ0n) is 20.2. The SMILES string of the molecule is COc1ccc2nc(Cc3cc(Cc4ccccc4)nc(Nc4ccc(S(N)(=O)=O)cc4C)n3)sc2n1. The number of hydrogen-bond acceptors (Lipinski definition) is 9. The van der Waals surface area contributed by atoms with Crippen LogP contribution >= 0.6 is 11.3 Å². The Hall–Kier alpha value is -3.93. The number of nitrogens with two attached hydrogens (primary N) is 1. The van der Waals surface area contributed by atoms with Crippen molar-refractivity contribution in [1.29, 1.82) is 0 Å². The third-order valence-electron chi connectivity index (χ3n) is 5.65. The second kappa shape index (κ2) is 10.2. The maximum atomic E-state index is 11.7. The number of nitrogens with one attached hydrogen (secondary N) is 1. The maximum absolute atomic E-state index is 11.7. The number of benzene rings is 2. The normalized spacial score (nSPS) is 11.5. The Labute approximate surface area is 218 Å². The highest BCUT2D eigenvalue weighted by Gasteiger charge is 2.14. The Balaban J connectivity index is 1.48. The monoisotopic (exact) mass is 532 g/mol. The third-order valence-corrected chi connectivity index (χ3v) is 7.52. The predicted octanol–water partition coefficient (Wildman–Crippen LogP) is 4.37. The fraction of sp³-hybridized carbons (Fsp3) is 0.154. The highest BCUT2D eigenvalue weighted by molar-refractivity contribution is 7.89. The molecule has 0 fully saturated rings. The molecular weight excluding hydrogens is 508 g/mol. The zero-order chi connectivity index (χ0) is 26.0. The molecule has 0 saturated heterocycles. The average molecular weight is 533 g/mol. The second-order valence-electron chi connectivity index (χ2n) is 8.45. The number of ether oxygens (including phenoxy) is 1. The molecule has 9 nitrogen and oxygen atoms in total. The van der Waals surface area contributed by atoms with Crippen molar-refractivity contribution < 1.29 is 13.2 Å². The van der Waals surface area contributed by atoms with Crippen molar-refractivity contribution in [3.63, 3.8) is 0 Å². The van der Waals surface area contributed by atoms with Crippen molar-refractivity contribution in [2.75, 3.05) is 12.4 Å². The van der Waals surface area contributed by atoms with Crippen LogP contribution in [0.15, 0.2) is 71.6 Å². The largest absolute Gasteiger partial charge is 0.481 e. The average Bonchev–Trinajstić information content (AvgIpc) is 3.26. The van der Waals surface area contributed by atoms with Crippen LogP contribution in [0.5, 0.6) is 5.88 Å². The quantitative estimate of drug-likeness (QED) is 0.301. The number of hydrogen-bond donors (Lipinski definition) is 2. The Morgan fingerprint density at radius 3 is 2.38 bits per heavy atom. The molecular formula is C26H24N6O3S2. The number of aromatic nitrogens is 4. The lowest BCUT2D eigenvalue weighted by Crippen LogP contribution is -2.12. The summed E-state index contributed by atoms with van der Waals surface area (Å²) in [7, 11) is -2.20. The van der Waals surface area contributed by atoms with E-state index in [0.717, 1.165) is 32.3 Å². The Morgan fingerprint density at radius 2 is 1.68 bits per heavy atom. The van der Waals surface area contributed by atoms with E-state index in [1.54, 1.807) is 26.2 Å². The van der Waals surface area contributed by atoms with Crippen LogP contribution in [0.3, 0.4) is 0 Å². The van der Waals surface area contributed by atoms with Crippen LogP contribution in [-0.2, 0) is 22.9 Å². The van der Waals surface area contributed by atoms with Crippen LogP contribution in [0.2, 0.25) is 0 Å². The van der Waals surface area contributed by atoms with Gasteiger partial charge in [0.25, 0.3) is 0 Å². The smallest absolute Gasteiger partial charge is 0.238 e. The molecule has 3 N–H and O–H groups in total. The number of sulfonamides is 1. The first kappa shape index (κ1) is 24.8. The van der Waals surface area contributed by atoms with Crippen molar-refractivity contribution in [2.45, 2.75) is 24.7 Å². The lowest BCUT2D eigenvalue weighted by molar-refractivity contribution is 0.400. The van der Waals surface area contributed by atoms with Crippen LogP contribution < -0.4 is 15.2 Å². The van der Waals surface area contributed by atoms with Gasteiger partial charge in [-0.2, -0.15) is 0 Å². The van der Waals surface area contributed by atoms with Crippen molar-refractivity contribution in [2.24, 2.45) is 5.14 Å². The molecule has 0 spiro atoms. The van der Waals surface area contributed by atoms with E-state index in [2.05, 4.69) is 22.4 Å². The highest BCUT2D eigenvalue weighted by Crippen LogP contribution is 2.26. The molecule has 11 heteroatoms. The molecule has 0 unspecified atom stereocenters. The van der Waals surface area contributed by atoms with Crippen molar-refractivity contribution in [3.8, 4) is 5.88 Å². The molecule has 0 radical (unpaired) electrons. The molecule has 0 bridgehead atoms. The molecule has 0 amide bonds. The molecule has 37 heavy (non-hydrogen) atoms. The molecule has 0 aliphatic rings. The van der Waals surface area contributed by atoms with Gasteiger partial charge in [-0.3, -0.25) is 0 Å². The van der Waals surface area contributed by atoms with Gasteiger partial charge in [0.15, 0.2) is 0 Å². The van der Waals surface area contributed by atoms with Gasteiger partial charge in [0.1, 0.15) is 15.4 Å². The topological polar surface area (TPSA) is 133 Å². The molecule has 0 aliphatic heterocycles. The van der Waals surface area contributed by atoms with Gasteiger partial charge in [-0.25, -0.2) is 33.5 Å². The highest BCUT2D eigenvalue weighted by atomic mass is 32.2. The number of rotatable bonds is 8. The summed E-state index contributed by atoms with van der Waals surface area (Å²) in [5, 5.41) is 9.39. The van der Waals surface area contributed by atoms with E-state index in [-0.39, 0.29) is 4.90 Å². The third kappa shape index (κ3) is 5.91. The number of primary sulfonamides is 1. The molecule has 5 rings (SSSR count). The Morgan fingerprint density at radius 1 is 0.919 bits per heavy atom. The number of anilines is 2. The molecule has 5 aromatic rings. The molecule has 0 atom stereocenters. The first-order valence-electron chi connectivity index (χ1n) is 11.4. The first-order valence-corrected chi connectivity index (χ1v) is 13.7. The van der Waals surface area contributed by atoms with Gasteiger partial charge in [-0.05, 0) is 48.4 Å². The van der Waals surface area contributed by atoms with Crippen LogP contribution in [0.4, 0.5) is 11.6 Å². The van der Waals surface area contributed by atoms with Crippen LogP contribution in [0.25, 0.3) is 10.3 Å². The number of thiazole rings is 1. The van der Waals surface area contributed by atoms with Gasteiger partial charge in [0, 0.05) is 24.6 Å². The lowest BCUT2D eigenvalue weighted by Gasteiger charge is -2.12. The molecule has 3 heterocycles. The van der Waals surface area contributed by atoms with E-state index < -0.39 is 10.0 Å². The van der Waals surface area contributed by atoms with Gasteiger partial charge >= 0.3 is 0 Å². The minimum atomic E-state index is -3.79. The molecule has 3 aromatic heterocycles. The number of pyridine rings is 1. The van der Waals surface area contributed by atoms with Crippen LogP contribution in [0.1, 0.15) is 27.5 Å². The summed E-state index contributed by atoms with van der Waals surface area (Å²) in [4.78, 5) is 19.5. The Bertz CT molecular complexity index is 1690. The second-order valence-corrected chi connectivity index (χ2v) is 11.1. The van der Waals surface area contributed by atoms with Gasteiger partial charge in [0.05, 0.1) is 23.4 Å². The summed E-state index contributed by atoms with van der Waals surface area (Å²) in [6.45, 7) is 1.80. The lowest BCUT2D eigenvalue weighted by atomic mass is 10.1. The van der Waals surface area contributed by atoms with Crippen LogP contribution in [0, 0.1) is 6.92 Å². The molecule has 2 aromatic carbocycles. The minimum Gasteiger partial charge on any atom is -0.481 e. The summed E-state index contributed by atoms with van der Waals surface area (Å²) in [6.07, 6.45) is 1.14. The number of nitrogens with zero attached hydrogens (tertiary/aromatic N) is 4. The van der Waals surface area contributed by atoms with E-state index in [9.17, 15) is 8.42 Å². The van der Waals surface area contributed by atoms with E-state index in [1.165, 1.54) is 23.5 Å². The van der Waals surface area contributed by atoms with E-state index in [4.69, 9.17) is 24.8 Å². The summed E-state index contributed by atoms with van der Waals surface area (Å²) in [6, 6.07) is 20.4. The fourth-order valence-corrected chi connectivity index (χ4v) is 5.40. The summed E-state index contributed by atoms with van der Waals surface area (Å²) >= 11 is 1.50. The van der Waals surface area contributed by atoms with E-state index >= 15 is 0 Å². The number of fused-ring (bicyclic) bond motifs is 1.